The lowest BCUT2D eigenvalue weighted by Crippen LogP contribution is -2.47. The maximum atomic E-state index is 12.9. The van der Waals surface area contributed by atoms with Crippen LogP contribution in [0.15, 0.2) is 17.2 Å². The van der Waals surface area contributed by atoms with E-state index in [9.17, 15) is 8.42 Å². The van der Waals surface area contributed by atoms with Gasteiger partial charge in [-0.25, -0.2) is 8.42 Å². The van der Waals surface area contributed by atoms with Gasteiger partial charge in [-0.3, -0.25) is 0 Å². The standard InChI is InChI=1S/C15H27N3O2S/c1-5-16-10-14-9-15(11-17(14)4)21(19,20)18-12(2)7-6-8-13(18)3/h9,11-13,16H,5-8,10H2,1-4H3/t12-,13+. The summed E-state index contributed by atoms with van der Waals surface area (Å²) in [5.74, 6) is 0. The van der Waals surface area contributed by atoms with Crippen molar-refractivity contribution in [3.05, 3.63) is 18.0 Å². The van der Waals surface area contributed by atoms with E-state index < -0.39 is 10.0 Å². The second-order valence-electron chi connectivity index (χ2n) is 6.02. The molecule has 0 saturated carbocycles. The molecule has 2 heterocycles. The first-order valence-electron chi connectivity index (χ1n) is 7.77. The number of hydrogen-bond donors (Lipinski definition) is 1. The van der Waals surface area contributed by atoms with Gasteiger partial charge in [0.1, 0.15) is 4.90 Å². The summed E-state index contributed by atoms with van der Waals surface area (Å²) in [6, 6.07) is 1.96. The third-order valence-electron chi connectivity index (χ3n) is 4.33. The highest BCUT2D eigenvalue weighted by molar-refractivity contribution is 7.89. The van der Waals surface area contributed by atoms with Crippen LogP contribution in [0.5, 0.6) is 0 Å². The fraction of sp³-hybridized carbons (Fsp3) is 0.733. The van der Waals surface area contributed by atoms with Crippen molar-refractivity contribution >= 4 is 10.0 Å². The van der Waals surface area contributed by atoms with Crippen molar-refractivity contribution in [2.24, 2.45) is 7.05 Å². The molecular weight excluding hydrogens is 286 g/mol. The fourth-order valence-electron chi connectivity index (χ4n) is 3.14. The van der Waals surface area contributed by atoms with Gasteiger partial charge in [0, 0.05) is 37.6 Å². The van der Waals surface area contributed by atoms with Crippen molar-refractivity contribution in [1.29, 1.82) is 0 Å². The third kappa shape index (κ3) is 3.33. The summed E-state index contributed by atoms with van der Waals surface area (Å²) in [6.07, 6.45) is 4.73. The topological polar surface area (TPSA) is 54.3 Å². The highest BCUT2D eigenvalue weighted by Gasteiger charge is 2.36. The van der Waals surface area contributed by atoms with Gasteiger partial charge >= 0.3 is 0 Å². The predicted molar refractivity (Wildman–Crippen MR) is 84.6 cm³/mol. The molecule has 2 rings (SSSR count). The average Bonchev–Trinajstić information content (AvgIpc) is 2.78. The Morgan fingerprint density at radius 1 is 1.29 bits per heavy atom. The molecule has 0 unspecified atom stereocenters. The van der Waals surface area contributed by atoms with Crippen molar-refractivity contribution in [3.63, 3.8) is 0 Å². The molecule has 5 nitrogen and oxygen atoms in total. The van der Waals surface area contributed by atoms with Crippen LogP contribution >= 0.6 is 0 Å². The molecule has 1 aliphatic heterocycles. The lowest BCUT2D eigenvalue weighted by Gasteiger charge is -2.37. The quantitative estimate of drug-likeness (QED) is 0.905. The first-order valence-corrected chi connectivity index (χ1v) is 9.21. The highest BCUT2D eigenvalue weighted by Crippen LogP contribution is 2.30. The Hall–Kier alpha value is -0.850. The third-order valence-corrected chi connectivity index (χ3v) is 6.42. The summed E-state index contributed by atoms with van der Waals surface area (Å²) in [5.41, 5.74) is 0.993. The molecule has 1 aliphatic rings. The maximum absolute atomic E-state index is 12.9. The van der Waals surface area contributed by atoms with Crippen LogP contribution in [-0.2, 0) is 23.6 Å². The van der Waals surface area contributed by atoms with Gasteiger partial charge in [-0.15, -0.1) is 0 Å². The van der Waals surface area contributed by atoms with Crippen LogP contribution in [0.1, 0.15) is 45.7 Å². The second kappa shape index (κ2) is 6.50. The Morgan fingerprint density at radius 2 is 1.90 bits per heavy atom. The Morgan fingerprint density at radius 3 is 2.48 bits per heavy atom. The molecule has 0 aromatic carbocycles. The van der Waals surface area contributed by atoms with Gasteiger partial charge in [0.25, 0.3) is 0 Å². The summed E-state index contributed by atoms with van der Waals surface area (Å²) >= 11 is 0. The number of sulfonamides is 1. The van der Waals surface area contributed by atoms with Gasteiger partial charge in [0.05, 0.1) is 0 Å². The number of aryl methyl sites for hydroxylation is 1. The monoisotopic (exact) mass is 313 g/mol. The molecule has 2 atom stereocenters. The van der Waals surface area contributed by atoms with Gasteiger partial charge in [-0.05, 0) is 39.3 Å². The lowest BCUT2D eigenvalue weighted by molar-refractivity contribution is 0.204. The lowest BCUT2D eigenvalue weighted by atomic mass is 10.0. The number of rotatable bonds is 5. The summed E-state index contributed by atoms with van der Waals surface area (Å²) < 4.78 is 29.5. The smallest absolute Gasteiger partial charge is 0.245 e. The number of piperidine rings is 1. The van der Waals surface area contributed by atoms with Crippen molar-refractivity contribution in [2.75, 3.05) is 6.54 Å². The van der Waals surface area contributed by atoms with E-state index in [2.05, 4.69) is 5.32 Å². The van der Waals surface area contributed by atoms with Crippen LogP contribution in [0, 0.1) is 0 Å². The molecule has 1 fully saturated rings. The second-order valence-corrected chi connectivity index (χ2v) is 7.87. The fourth-order valence-corrected chi connectivity index (χ4v) is 5.12. The molecule has 120 valence electrons. The molecule has 21 heavy (non-hydrogen) atoms. The van der Waals surface area contributed by atoms with Crippen molar-refractivity contribution in [3.8, 4) is 0 Å². The van der Waals surface area contributed by atoms with E-state index in [1.165, 1.54) is 0 Å². The summed E-state index contributed by atoms with van der Waals surface area (Å²) in [4.78, 5) is 0.415. The zero-order valence-electron chi connectivity index (χ0n) is 13.5. The summed E-state index contributed by atoms with van der Waals surface area (Å²) in [6.45, 7) is 7.62. The van der Waals surface area contributed by atoms with E-state index in [1.807, 2.05) is 32.4 Å². The zero-order chi connectivity index (χ0) is 15.6. The molecule has 1 saturated heterocycles. The normalized spacial score (nSPS) is 24.4. The molecule has 1 aromatic rings. The van der Waals surface area contributed by atoms with Crippen molar-refractivity contribution < 1.29 is 8.42 Å². The highest BCUT2D eigenvalue weighted by atomic mass is 32.2. The van der Waals surface area contributed by atoms with Crippen molar-refractivity contribution in [1.82, 2.24) is 14.2 Å². The van der Waals surface area contributed by atoms with Gasteiger partial charge in [-0.1, -0.05) is 13.3 Å². The SMILES string of the molecule is CCNCc1cc(S(=O)(=O)N2[C@H](C)CCC[C@@H]2C)cn1C. The number of hydrogen-bond acceptors (Lipinski definition) is 3. The van der Waals surface area contributed by atoms with E-state index in [0.717, 1.165) is 31.5 Å². The minimum Gasteiger partial charge on any atom is -0.352 e. The molecular formula is C15H27N3O2S. The average molecular weight is 313 g/mol. The first kappa shape index (κ1) is 16.5. The first-order chi connectivity index (χ1) is 9.87. The van der Waals surface area contributed by atoms with Crippen LogP contribution in [0.3, 0.4) is 0 Å². The Bertz CT molecular complexity index is 570. The Labute approximate surface area is 128 Å². The Kier molecular flexibility index (Phi) is 5.11. The molecule has 0 amide bonds. The van der Waals surface area contributed by atoms with Crippen LogP contribution in [0.4, 0.5) is 0 Å². The van der Waals surface area contributed by atoms with Gasteiger partial charge < -0.3 is 9.88 Å². The number of aromatic nitrogens is 1. The molecule has 1 N–H and O–H groups in total. The number of nitrogens with zero attached hydrogens (tertiary/aromatic N) is 2. The minimum absolute atomic E-state index is 0.0798. The van der Waals surface area contributed by atoms with Gasteiger partial charge in [0.15, 0.2) is 0 Å². The van der Waals surface area contributed by atoms with E-state index >= 15 is 0 Å². The minimum atomic E-state index is -3.40. The molecule has 0 radical (unpaired) electrons. The van der Waals surface area contributed by atoms with Crippen LogP contribution < -0.4 is 5.32 Å². The zero-order valence-corrected chi connectivity index (χ0v) is 14.3. The van der Waals surface area contributed by atoms with Crippen molar-refractivity contribution in [2.45, 2.75) is 63.6 Å². The van der Waals surface area contributed by atoms with E-state index in [-0.39, 0.29) is 12.1 Å². The Balaban J connectivity index is 2.30. The van der Waals surface area contributed by atoms with Crippen LogP contribution in [-0.4, -0.2) is 35.9 Å². The molecule has 1 aromatic heterocycles. The van der Waals surface area contributed by atoms with Gasteiger partial charge in [-0.2, -0.15) is 4.31 Å². The predicted octanol–water partition coefficient (Wildman–Crippen LogP) is 2.09. The molecule has 0 bridgehead atoms. The van der Waals surface area contributed by atoms with Crippen LogP contribution in [0.25, 0.3) is 0 Å². The van der Waals surface area contributed by atoms with Crippen LogP contribution in [0.2, 0.25) is 0 Å². The van der Waals surface area contributed by atoms with E-state index in [4.69, 9.17) is 0 Å². The molecule has 0 aliphatic carbocycles. The van der Waals surface area contributed by atoms with Gasteiger partial charge in [0.2, 0.25) is 10.0 Å². The largest absolute Gasteiger partial charge is 0.352 e. The summed E-state index contributed by atoms with van der Waals surface area (Å²) in [5, 5.41) is 3.24. The van der Waals surface area contributed by atoms with E-state index in [0.29, 0.717) is 11.4 Å². The molecule has 0 spiro atoms. The number of nitrogens with one attached hydrogen (secondary N) is 1. The molecule has 6 heteroatoms. The summed E-state index contributed by atoms with van der Waals surface area (Å²) in [7, 11) is -1.50. The van der Waals surface area contributed by atoms with E-state index in [1.54, 1.807) is 16.6 Å². The maximum Gasteiger partial charge on any atom is 0.245 e.